The molecule has 2 N–H and O–H groups in total. The lowest BCUT2D eigenvalue weighted by Crippen LogP contribution is -2.64. The van der Waals surface area contributed by atoms with Gasteiger partial charge in [0.05, 0.1) is 11.6 Å². The van der Waals surface area contributed by atoms with Crippen molar-refractivity contribution in [2.45, 2.75) is 111 Å². The van der Waals surface area contributed by atoms with Gasteiger partial charge in [0.2, 0.25) is 0 Å². The Balaban J connectivity index is 1.38. The third-order valence-corrected chi connectivity index (χ3v) is 12.7. The molecular weight excluding hydrogens is 486 g/mol. The number of rotatable bonds is 3. The first-order valence-corrected chi connectivity index (χ1v) is 15.4. The van der Waals surface area contributed by atoms with Crippen LogP contribution < -0.4 is 5.32 Å². The van der Waals surface area contributed by atoms with Gasteiger partial charge in [0, 0.05) is 12.6 Å². The maximum Gasteiger partial charge on any atom is 0.270 e. The summed E-state index contributed by atoms with van der Waals surface area (Å²) in [5.41, 5.74) is 2.39. The molecule has 1 aromatic rings. The number of aliphatic hydroxyl groups excluding tert-OH is 1. The quantitative estimate of drug-likeness (QED) is 0.504. The van der Waals surface area contributed by atoms with Crippen LogP contribution in [0.25, 0.3) is 0 Å². The lowest BCUT2D eigenvalue weighted by molar-refractivity contribution is -0.202. The van der Waals surface area contributed by atoms with E-state index in [4.69, 9.17) is 0 Å². The van der Waals surface area contributed by atoms with Crippen molar-refractivity contribution in [3.63, 3.8) is 0 Å². The summed E-state index contributed by atoms with van der Waals surface area (Å²) in [5.74, 6) is 2.16. The van der Waals surface area contributed by atoms with Crippen LogP contribution in [0, 0.1) is 45.8 Å². The molecule has 0 bridgehead atoms. The molecule has 5 aliphatic carbocycles. The number of hydrogen-bond acceptors (Lipinski definition) is 5. The first kappa shape index (κ1) is 27.1. The van der Waals surface area contributed by atoms with E-state index in [9.17, 15) is 14.7 Å². The van der Waals surface area contributed by atoms with Gasteiger partial charge in [0.25, 0.3) is 5.91 Å². The fourth-order valence-electron chi connectivity index (χ4n) is 11.1. The summed E-state index contributed by atoms with van der Waals surface area (Å²) in [6.45, 7) is 14.0. The van der Waals surface area contributed by atoms with Crippen molar-refractivity contribution in [2.24, 2.45) is 45.8 Å². The fourth-order valence-corrected chi connectivity index (χ4v) is 11.1. The molecule has 0 spiro atoms. The van der Waals surface area contributed by atoms with Crippen LogP contribution in [0.4, 0.5) is 0 Å². The standard InChI is InChI=1S/C33H47N3O3/c1-19(2)27-23(37)17-33(36-29(39)22-12-16-34-18-35-22)15-9-21-20(28(27)33)7-8-25-31(21,5)13-10-24-30(3,4)26(38)11-14-32(24,25)6/h12,16,18-21,24-26,38H,7-11,13-15,17H2,1-6H3,(H,36,39). The number of carbonyl (C=O) groups is 2. The van der Waals surface area contributed by atoms with Crippen molar-refractivity contribution in [2.75, 3.05) is 0 Å². The Morgan fingerprint density at radius 1 is 1.00 bits per heavy atom. The molecule has 39 heavy (non-hydrogen) atoms. The molecule has 0 radical (unpaired) electrons. The maximum absolute atomic E-state index is 13.6. The number of hydrogen-bond donors (Lipinski definition) is 2. The molecule has 6 nitrogen and oxygen atoms in total. The van der Waals surface area contributed by atoms with Crippen LogP contribution in [0.5, 0.6) is 0 Å². The second kappa shape index (κ2) is 8.96. The SMILES string of the molecule is CC(C)C1=C2C3CCC4C(C)(CCC5C(C)(C)C(O)CCC54C)C3CCC2(NC(=O)c2ccncn2)CC1=O. The largest absolute Gasteiger partial charge is 0.393 e. The lowest BCUT2D eigenvalue weighted by Gasteiger charge is -2.68. The van der Waals surface area contributed by atoms with Gasteiger partial charge in [-0.1, -0.05) is 41.5 Å². The molecular formula is C33H47N3O3. The monoisotopic (exact) mass is 533 g/mol. The van der Waals surface area contributed by atoms with Crippen LogP contribution in [0.3, 0.4) is 0 Å². The van der Waals surface area contributed by atoms with E-state index >= 15 is 0 Å². The van der Waals surface area contributed by atoms with Gasteiger partial charge in [0.1, 0.15) is 12.0 Å². The van der Waals surface area contributed by atoms with Crippen LogP contribution >= 0.6 is 0 Å². The Morgan fingerprint density at radius 3 is 2.44 bits per heavy atom. The summed E-state index contributed by atoms with van der Waals surface area (Å²) in [4.78, 5) is 35.2. The number of aliphatic hydroxyl groups is 1. The highest BCUT2D eigenvalue weighted by atomic mass is 16.3. The fraction of sp³-hybridized carbons (Fsp3) is 0.758. The highest BCUT2D eigenvalue weighted by Gasteiger charge is 2.66. The van der Waals surface area contributed by atoms with Crippen molar-refractivity contribution in [3.8, 4) is 0 Å². The number of ketones is 1. The van der Waals surface area contributed by atoms with Gasteiger partial charge in [0.15, 0.2) is 5.78 Å². The van der Waals surface area contributed by atoms with E-state index < -0.39 is 5.54 Å². The first-order chi connectivity index (χ1) is 18.3. The number of carbonyl (C=O) groups excluding carboxylic acids is 2. The van der Waals surface area contributed by atoms with Gasteiger partial charge in [-0.05, 0) is 114 Å². The minimum atomic E-state index is -0.596. The third-order valence-electron chi connectivity index (χ3n) is 12.7. The number of Topliss-reactive ketones (excluding diaryl/α,β-unsaturated/α-hetero) is 1. The predicted octanol–water partition coefficient (Wildman–Crippen LogP) is 5.91. The maximum atomic E-state index is 13.6. The van der Waals surface area contributed by atoms with Crippen molar-refractivity contribution in [1.82, 2.24) is 15.3 Å². The average molecular weight is 534 g/mol. The lowest BCUT2D eigenvalue weighted by atomic mass is 9.37. The van der Waals surface area contributed by atoms with Crippen LogP contribution in [-0.4, -0.2) is 38.4 Å². The Morgan fingerprint density at radius 2 is 1.74 bits per heavy atom. The summed E-state index contributed by atoms with van der Waals surface area (Å²) in [6.07, 6.45) is 11.6. The number of aromatic nitrogens is 2. The van der Waals surface area contributed by atoms with Gasteiger partial charge in [-0.25, -0.2) is 9.97 Å². The van der Waals surface area contributed by atoms with E-state index in [1.807, 2.05) is 0 Å². The molecule has 4 fully saturated rings. The Bertz CT molecular complexity index is 1210. The molecule has 6 rings (SSSR count). The van der Waals surface area contributed by atoms with Gasteiger partial charge >= 0.3 is 0 Å². The molecule has 1 aromatic heterocycles. The van der Waals surface area contributed by atoms with E-state index in [1.54, 1.807) is 12.3 Å². The second-order valence-corrected chi connectivity index (χ2v) is 15.1. The Hall–Kier alpha value is -2.08. The zero-order chi connectivity index (χ0) is 28.0. The van der Waals surface area contributed by atoms with Crippen LogP contribution in [0.15, 0.2) is 29.7 Å². The summed E-state index contributed by atoms with van der Waals surface area (Å²) >= 11 is 0. The zero-order valence-electron chi connectivity index (χ0n) is 24.7. The molecule has 212 valence electrons. The molecule has 5 aliphatic rings. The van der Waals surface area contributed by atoms with E-state index in [0.717, 1.165) is 44.1 Å². The van der Waals surface area contributed by atoms with E-state index in [0.29, 0.717) is 35.8 Å². The predicted molar refractivity (Wildman–Crippen MR) is 151 cm³/mol. The summed E-state index contributed by atoms with van der Waals surface area (Å²) < 4.78 is 0. The Labute approximate surface area is 233 Å². The van der Waals surface area contributed by atoms with Gasteiger partial charge in [-0.3, -0.25) is 9.59 Å². The average Bonchev–Trinajstić information content (AvgIpc) is 3.18. The van der Waals surface area contributed by atoms with Crippen LogP contribution in [-0.2, 0) is 4.79 Å². The van der Waals surface area contributed by atoms with Crippen molar-refractivity contribution in [3.05, 3.63) is 35.4 Å². The number of fused-ring (bicyclic) bond motifs is 7. The van der Waals surface area contributed by atoms with Crippen molar-refractivity contribution < 1.29 is 14.7 Å². The number of nitrogens with one attached hydrogen (secondary N) is 1. The van der Waals surface area contributed by atoms with Gasteiger partial charge in [-0.15, -0.1) is 0 Å². The summed E-state index contributed by atoms with van der Waals surface area (Å²) in [5, 5.41) is 14.3. The molecule has 6 heteroatoms. The number of nitrogens with zero attached hydrogens (tertiary/aromatic N) is 2. The third kappa shape index (κ3) is 3.75. The summed E-state index contributed by atoms with van der Waals surface area (Å²) in [6, 6.07) is 1.65. The molecule has 8 atom stereocenters. The smallest absolute Gasteiger partial charge is 0.270 e. The minimum Gasteiger partial charge on any atom is -0.393 e. The van der Waals surface area contributed by atoms with Crippen molar-refractivity contribution >= 4 is 11.7 Å². The molecule has 0 aromatic carbocycles. The normalized spacial score (nSPS) is 42.9. The molecule has 4 saturated carbocycles. The molecule has 0 saturated heterocycles. The summed E-state index contributed by atoms with van der Waals surface area (Å²) in [7, 11) is 0. The molecule has 1 heterocycles. The van der Waals surface area contributed by atoms with E-state index in [2.05, 4.69) is 56.8 Å². The van der Waals surface area contributed by atoms with E-state index in [1.165, 1.54) is 24.7 Å². The molecule has 8 unspecified atom stereocenters. The number of amides is 1. The second-order valence-electron chi connectivity index (χ2n) is 15.1. The van der Waals surface area contributed by atoms with Crippen LogP contribution in [0.1, 0.15) is 110 Å². The Kier molecular flexibility index (Phi) is 6.23. The molecule has 0 aliphatic heterocycles. The van der Waals surface area contributed by atoms with Crippen molar-refractivity contribution in [1.29, 1.82) is 0 Å². The van der Waals surface area contributed by atoms with Crippen LogP contribution in [0.2, 0.25) is 0 Å². The highest BCUT2D eigenvalue weighted by Crippen LogP contribution is 2.72. The topological polar surface area (TPSA) is 92.2 Å². The molecule has 1 amide bonds. The highest BCUT2D eigenvalue weighted by molar-refractivity contribution is 6.03. The minimum absolute atomic E-state index is 0.0522. The zero-order valence-corrected chi connectivity index (χ0v) is 24.7. The van der Waals surface area contributed by atoms with Gasteiger partial charge in [-0.2, -0.15) is 0 Å². The van der Waals surface area contributed by atoms with Gasteiger partial charge < -0.3 is 10.4 Å². The first-order valence-electron chi connectivity index (χ1n) is 15.4. The number of allylic oxidation sites excluding steroid dienone is 1. The van der Waals surface area contributed by atoms with E-state index in [-0.39, 0.29) is 40.0 Å².